The summed E-state index contributed by atoms with van der Waals surface area (Å²) < 4.78 is 0. The van der Waals surface area contributed by atoms with Crippen molar-refractivity contribution in [3.05, 3.63) is 35.9 Å². The van der Waals surface area contributed by atoms with Gasteiger partial charge in [0.15, 0.2) is 0 Å². The van der Waals surface area contributed by atoms with Gasteiger partial charge in [0.25, 0.3) is 0 Å². The minimum Gasteiger partial charge on any atom is -0.342 e. The van der Waals surface area contributed by atoms with E-state index in [-0.39, 0.29) is 5.92 Å². The molecule has 0 bridgehead atoms. The van der Waals surface area contributed by atoms with Crippen LogP contribution in [0.15, 0.2) is 30.3 Å². The Balaban J connectivity index is 1.22. The highest BCUT2D eigenvalue weighted by atomic mass is 16.2. The summed E-state index contributed by atoms with van der Waals surface area (Å²) in [6.07, 6.45) is 7.18. The summed E-state index contributed by atoms with van der Waals surface area (Å²) in [5.41, 5.74) is 1.41. The smallest absolute Gasteiger partial charge is 0.225 e. The van der Waals surface area contributed by atoms with Crippen molar-refractivity contribution in [2.75, 3.05) is 26.2 Å². The lowest BCUT2D eigenvalue weighted by Crippen LogP contribution is -2.47. The molecule has 0 radical (unpaired) electrons. The number of benzene rings is 1. The molecule has 0 atom stereocenters. The van der Waals surface area contributed by atoms with Crippen molar-refractivity contribution < 1.29 is 9.59 Å². The summed E-state index contributed by atoms with van der Waals surface area (Å²) >= 11 is 0. The van der Waals surface area contributed by atoms with Gasteiger partial charge in [0, 0.05) is 38.0 Å². The molecular weight excluding hydrogens is 324 g/mol. The Kier molecular flexibility index (Phi) is 5.28. The van der Waals surface area contributed by atoms with Crippen molar-refractivity contribution in [3.8, 4) is 0 Å². The largest absolute Gasteiger partial charge is 0.342 e. The Bertz CT molecular complexity index is 625. The molecule has 2 amide bonds. The maximum atomic E-state index is 12.9. The molecule has 4 heteroatoms. The minimum absolute atomic E-state index is 0.129. The van der Waals surface area contributed by atoms with Gasteiger partial charge in [-0.2, -0.15) is 0 Å². The Morgan fingerprint density at radius 1 is 0.731 bits per heavy atom. The molecule has 0 spiro atoms. The topological polar surface area (TPSA) is 40.6 Å². The monoisotopic (exact) mass is 354 g/mol. The average molecular weight is 354 g/mol. The zero-order valence-corrected chi connectivity index (χ0v) is 15.6. The second kappa shape index (κ2) is 7.81. The van der Waals surface area contributed by atoms with Gasteiger partial charge < -0.3 is 9.80 Å². The summed E-state index contributed by atoms with van der Waals surface area (Å²) in [6, 6.07) is 10.7. The number of hydrogen-bond acceptors (Lipinski definition) is 2. The quantitative estimate of drug-likeness (QED) is 0.833. The maximum Gasteiger partial charge on any atom is 0.225 e. The second-order valence-electron chi connectivity index (χ2n) is 8.33. The summed E-state index contributed by atoms with van der Waals surface area (Å²) in [6.45, 7) is 3.35. The SMILES string of the molecule is O=C(C1CCN(C(=O)C2CC2)CC1)N1CCC(Cc2ccccc2)CC1. The first kappa shape index (κ1) is 17.6. The van der Waals surface area contributed by atoms with Crippen LogP contribution in [0.4, 0.5) is 0 Å². The Morgan fingerprint density at radius 2 is 1.23 bits per heavy atom. The number of hydrogen-bond donors (Lipinski definition) is 0. The average Bonchev–Trinajstić information content (AvgIpc) is 3.54. The van der Waals surface area contributed by atoms with Crippen LogP contribution in [0.3, 0.4) is 0 Å². The number of carbonyl (C=O) groups is 2. The number of piperidine rings is 2. The van der Waals surface area contributed by atoms with Crippen molar-refractivity contribution in [3.63, 3.8) is 0 Å². The van der Waals surface area contributed by atoms with Crippen LogP contribution in [0.1, 0.15) is 44.1 Å². The molecule has 1 saturated carbocycles. The van der Waals surface area contributed by atoms with Crippen LogP contribution >= 0.6 is 0 Å². The zero-order valence-electron chi connectivity index (χ0n) is 15.6. The van der Waals surface area contributed by atoms with Crippen LogP contribution < -0.4 is 0 Å². The molecule has 3 aliphatic rings. The van der Waals surface area contributed by atoms with Gasteiger partial charge in [-0.15, -0.1) is 0 Å². The van der Waals surface area contributed by atoms with E-state index in [1.165, 1.54) is 5.56 Å². The first-order valence-electron chi connectivity index (χ1n) is 10.3. The van der Waals surface area contributed by atoms with Gasteiger partial charge in [-0.1, -0.05) is 30.3 Å². The standard InChI is InChI=1S/C22H30N2O2/c25-21(19-6-7-19)24-14-10-20(11-15-24)22(26)23-12-8-18(9-13-23)16-17-4-2-1-3-5-17/h1-5,18-20H,6-16H2. The highest BCUT2D eigenvalue weighted by molar-refractivity contribution is 5.82. The Morgan fingerprint density at radius 3 is 1.77 bits per heavy atom. The van der Waals surface area contributed by atoms with Crippen LogP contribution in [0.5, 0.6) is 0 Å². The first-order valence-corrected chi connectivity index (χ1v) is 10.3. The number of carbonyl (C=O) groups excluding carboxylic acids is 2. The highest BCUT2D eigenvalue weighted by Gasteiger charge is 2.37. The fourth-order valence-electron chi connectivity index (χ4n) is 4.50. The molecule has 1 aromatic rings. The van der Waals surface area contributed by atoms with E-state index < -0.39 is 0 Å². The molecule has 2 aliphatic heterocycles. The third kappa shape index (κ3) is 4.11. The summed E-state index contributed by atoms with van der Waals surface area (Å²) in [5.74, 6) is 1.79. The molecule has 0 N–H and O–H groups in total. The van der Waals surface area contributed by atoms with Gasteiger partial charge in [-0.3, -0.25) is 9.59 Å². The van der Waals surface area contributed by atoms with Gasteiger partial charge in [-0.05, 0) is 56.4 Å². The highest BCUT2D eigenvalue weighted by Crippen LogP contribution is 2.33. The Labute approximate surface area is 156 Å². The molecule has 2 heterocycles. The van der Waals surface area contributed by atoms with Gasteiger partial charge in [0.1, 0.15) is 0 Å². The summed E-state index contributed by atoms with van der Waals surface area (Å²) in [7, 11) is 0. The van der Waals surface area contributed by atoms with Gasteiger partial charge >= 0.3 is 0 Å². The van der Waals surface area contributed by atoms with E-state index in [2.05, 4.69) is 35.2 Å². The molecule has 0 unspecified atom stereocenters. The molecule has 1 aliphatic carbocycles. The van der Waals surface area contributed by atoms with E-state index in [4.69, 9.17) is 0 Å². The lowest BCUT2D eigenvalue weighted by molar-refractivity contribution is -0.142. The molecule has 4 rings (SSSR count). The predicted molar refractivity (Wildman–Crippen MR) is 101 cm³/mol. The van der Waals surface area contributed by atoms with Crippen molar-refractivity contribution in [1.29, 1.82) is 0 Å². The van der Waals surface area contributed by atoms with E-state index in [9.17, 15) is 9.59 Å². The zero-order chi connectivity index (χ0) is 17.9. The van der Waals surface area contributed by atoms with Crippen molar-refractivity contribution in [1.82, 2.24) is 9.80 Å². The van der Waals surface area contributed by atoms with Gasteiger partial charge in [0.2, 0.25) is 11.8 Å². The number of amides is 2. The molecule has 26 heavy (non-hydrogen) atoms. The lowest BCUT2D eigenvalue weighted by Gasteiger charge is -2.37. The van der Waals surface area contributed by atoms with Crippen molar-refractivity contribution >= 4 is 11.8 Å². The van der Waals surface area contributed by atoms with E-state index >= 15 is 0 Å². The van der Waals surface area contributed by atoms with Crippen LogP contribution in [-0.2, 0) is 16.0 Å². The molecular formula is C22H30N2O2. The number of nitrogens with zero attached hydrogens (tertiary/aromatic N) is 2. The third-order valence-electron chi connectivity index (χ3n) is 6.38. The number of rotatable bonds is 4. The number of likely N-dealkylation sites (tertiary alicyclic amines) is 2. The normalized spacial score (nSPS) is 22.5. The fourth-order valence-corrected chi connectivity index (χ4v) is 4.50. The van der Waals surface area contributed by atoms with Crippen LogP contribution in [0.25, 0.3) is 0 Å². The lowest BCUT2D eigenvalue weighted by atomic mass is 9.88. The fraction of sp³-hybridized carbons (Fsp3) is 0.636. The van der Waals surface area contributed by atoms with Crippen LogP contribution in [-0.4, -0.2) is 47.8 Å². The first-order chi connectivity index (χ1) is 12.7. The molecule has 1 aromatic carbocycles. The van der Waals surface area contributed by atoms with E-state index in [0.29, 0.717) is 23.7 Å². The second-order valence-corrected chi connectivity index (χ2v) is 8.33. The molecule has 0 aromatic heterocycles. The molecule has 2 saturated heterocycles. The van der Waals surface area contributed by atoms with E-state index in [0.717, 1.165) is 71.1 Å². The van der Waals surface area contributed by atoms with Crippen molar-refractivity contribution in [2.24, 2.45) is 17.8 Å². The predicted octanol–water partition coefficient (Wildman–Crippen LogP) is 3.12. The minimum atomic E-state index is 0.129. The summed E-state index contributed by atoms with van der Waals surface area (Å²) in [4.78, 5) is 29.1. The van der Waals surface area contributed by atoms with Gasteiger partial charge in [0.05, 0.1) is 0 Å². The molecule has 3 fully saturated rings. The van der Waals surface area contributed by atoms with Crippen molar-refractivity contribution in [2.45, 2.75) is 44.9 Å². The third-order valence-corrected chi connectivity index (χ3v) is 6.38. The summed E-state index contributed by atoms with van der Waals surface area (Å²) in [5, 5.41) is 0. The molecule has 4 nitrogen and oxygen atoms in total. The maximum absolute atomic E-state index is 12.9. The van der Waals surface area contributed by atoms with Crippen LogP contribution in [0.2, 0.25) is 0 Å². The van der Waals surface area contributed by atoms with Crippen LogP contribution in [0, 0.1) is 17.8 Å². The molecule has 140 valence electrons. The van der Waals surface area contributed by atoms with E-state index in [1.807, 2.05) is 4.90 Å². The van der Waals surface area contributed by atoms with E-state index in [1.54, 1.807) is 0 Å². The Hall–Kier alpha value is -1.84. The van der Waals surface area contributed by atoms with Gasteiger partial charge in [-0.25, -0.2) is 0 Å².